The van der Waals surface area contributed by atoms with Crippen LogP contribution in [0.1, 0.15) is 36.5 Å². The quantitative estimate of drug-likeness (QED) is 0.797. The first-order valence-electron chi connectivity index (χ1n) is 6.13. The highest BCUT2D eigenvalue weighted by Gasteiger charge is 2.22. The molecule has 1 aromatic rings. The predicted octanol–water partition coefficient (Wildman–Crippen LogP) is 0.408. The number of hydrogen-bond acceptors (Lipinski definition) is 4. The van der Waals surface area contributed by atoms with E-state index >= 15 is 0 Å². The van der Waals surface area contributed by atoms with Crippen molar-refractivity contribution >= 4 is 11.6 Å². The molecule has 0 aliphatic carbocycles. The number of nitrogen functional groups attached to an aromatic ring is 1. The zero-order chi connectivity index (χ0) is 13.9. The highest BCUT2D eigenvalue weighted by Crippen LogP contribution is 2.18. The van der Waals surface area contributed by atoms with E-state index in [4.69, 9.17) is 5.73 Å². The Kier molecular flexibility index (Phi) is 4.72. The summed E-state index contributed by atoms with van der Waals surface area (Å²) in [4.78, 5) is 13.8. The molecule has 18 heavy (non-hydrogen) atoms. The Balaban J connectivity index is 2.86. The number of carbonyl (C=O) groups is 1. The molecule has 1 rings (SSSR count). The Bertz CT molecular complexity index is 426. The molecule has 0 aromatic carbocycles. The molecule has 0 saturated heterocycles. The molecule has 1 aromatic heterocycles. The second kappa shape index (κ2) is 5.86. The average molecular weight is 254 g/mol. The Morgan fingerprint density at radius 3 is 2.67 bits per heavy atom. The zero-order valence-electron chi connectivity index (χ0n) is 11.5. The summed E-state index contributed by atoms with van der Waals surface area (Å²) in [5, 5.41) is 13.4. The van der Waals surface area contributed by atoms with E-state index in [1.165, 1.54) is 4.68 Å². The van der Waals surface area contributed by atoms with Crippen LogP contribution in [0.15, 0.2) is 0 Å². The molecule has 0 fully saturated rings. The van der Waals surface area contributed by atoms with Crippen LogP contribution in [0.4, 0.5) is 5.69 Å². The van der Waals surface area contributed by atoms with Crippen LogP contribution < -0.4 is 5.73 Å². The minimum absolute atomic E-state index is 0.164. The number of amides is 1. The molecule has 1 unspecified atom stereocenters. The highest BCUT2D eigenvalue weighted by atomic mass is 16.3. The van der Waals surface area contributed by atoms with Crippen LogP contribution in [-0.2, 0) is 13.5 Å². The number of nitrogens with two attached hydrogens (primary N) is 1. The van der Waals surface area contributed by atoms with Gasteiger partial charge in [0.1, 0.15) is 5.69 Å². The fraction of sp³-hybridized carbons (Fsp3) is 0.667. The lowest BCUT2D eigenvalue weighted by Gasteiger charge is -2.18. The number of carbonyl (C=O) groups excluding carboxylic acids is 1. The summed E-state index contributed by atoms with van der Waals surface area (Å²) in [5.41, 5.74) is 7.54. The number of aliphatic hydroxyl groups is 1. The van der Waals surface area contributed by atoms with Crippen LogP contribution in [-0.4, -0.2) is 45.4 Å². The molecule has 6 nitrogen and oxygen atoms in total. The molecule has 0 spiro atoms. The Hall–Kier alpha value is -1.56. The summed E-state index contributed by atoms with van der Waals surface area (Å²) in [6.07, 6.45) is 0.820. The molecular weight excluding hydrogens is 232 g/mol. The molecular formula is C12H22N4O2. The maximum Gasteiger partial charge on any atom is 0.274 e. The molecule has 3 N–H and O–H groups in total. The standard InChI is InChI=1S/C12H22N4O2/c1-5-9-10(13)11(16(4)14-9)12(18)15(3)7-6-8(2)17/h8,17H,5-7,13H2,1-4H3. The van der Waals surface area contributed by atoms with Crippen molar-refractivity contribution in [3.05, 3.63) is 11.4 Å². The second-order valence-corrected chi connectivity index (χ2v) is 4.55. The number of hydrogen-bond donors (Lipinski definition) is 2. The summed E-state index contributed by atoms with van der Waals surface area (Å²) in [5.74, 6) is -0.164. The maximum absolute atomic E-state index is 12.2. The van der Waals surface area contributed by atoms with Crippen LogP contribution in [0.25, 0.3) is 0 Å². The lowest BCUT2D eigenvalue weighted by Crippen LogP contribution is -2.31. The summed E-state index contributed by atoms with van der Waals surface area (Å²) in [6, 6.07) is 0. The molecule has 102 valence electrons. The lowest BCUT2D eigenvalue weighted by atomic mass is 10.2. The number of aromatic nitrogens is 2. The molecule has 0 radical (unpaired) electrons. The first-order chi connectivity index (χ1) is 8.38. The van der Waals surface area contributed by atoms with Gasteiger partial charge in [0.2, 0.25) is 0 Å². The SMILES string of the molecule is CCc1nn(C)c(C(=O)N(C)CCC(C)O)c1N. The lowest BCUT2D eigenvalue weighted by molar-refractivity contribution is 0.0759. The van der Waals surface area contributed by atoms with E-state index < -0.39 is 6.10 Å². The van der Waals surface area contributed by atoms with E-state index in [-0.39, 0.29) is 5.91 Å². The second-order valence-electron chi connectivity index (χ2n) is 4.55. The molecule has 1 amide bonds. The number of aliphatic hydroxyl groups excluding tert-OH is 1. The third kappa shape index (κ3) is 3.01. The summed E-state index contributed by atoms with van der Waals surface area (Å²) < 4.78 is 1.52. The van der Waals surface area contributed by atoms with Crippen molar-refractivity contribution < 1.29 is 9.90 Å². The predicted molar refractivity (Wildman–Crippen MR) is 70.3 cm³/mol. The first kappa shape index (κ1) is 14.5. The Labute approximate surface area is 107 Å². The van der Waals surface area contributed by atoms with Crippen molar-refractivity contribution in [2.75, 3.05) is 19.3 Å². The van der Waals surface area contributed by atoms with Crippen LogP contribution in [0.5, 0.6) is 0 Å². The number of aryl methyl sites for hydroxylation is 2. The average Bonchev–Trinajstić information content (AvgIpc) is 2.60. The van der Waals surface area contributed by atoms with Crippen LogP contribution >= 0.6 is 0 Å². The highest BCUT2D eigenvalue weighted by molar-refractivity contribution is 5.97. The topological polar surface area (TPSA) is 84.4 Å². The van der Waals surface area contributed by atoms with E-state index in [0.717, 1.165) is 5.69 Å². The third-order valence-corrected chi connectivity index (χ3v) is 2.93. The largest absolute Gasteiger partial charge is 0.395 e. The molecule has 0 saturated carbocycles. The summed E-state index contributed by atoms with van der Waals surface area (Å²) in [6.45, 7) is 4.14. The van der Waals surface area contributed by atoms with E-state index in [2.05, 4.69) is 5.10 Å². The van der Waals surface area contributed by atoms with Gasteiger partial charge >= 0.3 is 0 Å². The zero-order valence-corrected chi connectivity index (χ0v) is 11.5. The molecule has 1 heterocycles. The maximum atomic E-state index is 12.2. The van der Waals surface area contributed by atoms with E-state index in [1.54, 1.807) is 25.9 Å². The molecule has 6 heteroatoms. The van der Waals surface area contributed by atoms with Gasteiger partial charge in [-0.3, -0.25) is 9.48 Å². The first-order valence-corrected chi connectivity index (χ1v) is 6.13. The number of anilines is 1. The smallest absolute Gasteiger partial charge is 0.274 e. The van der Waals surface area contributed by atoms with Crippen LogP contribution in [0.2, 0.25) is 0 Å². The number of nitrogens with zero attached hydrogens (tertiary/aromatic N) is 3. The van der Waals surface area contributed by atoms with Crippen LogP contribution in [0.3, 0.4) is 0 Å². The normalized spacial score (nSPS) is 12.5. The van der Waals surface area contributed by atoms with Crippen molar-refractivity contribution in [1.82, 2.24) is 14.7 Å². The molecule has 1 atom stereocenters. The van der Waals surface area contributed by atoms with Crippen molar-refractivity contribution in [2.24, 2.45) is 7.05 Å². The van der Waals surface area contributed by atoms with Gasteiger partial charge in [0.05, 0.1) is 17.5 Å². The van der Waals surface area contributed by atoms with Gasteiger partial charge in [0.25, 0.3) is 5.91 Å². The third-order valence-electron chi connectivity index (χ3n) is 2.93. The van der Waals surface area contributed by atoms with Crippen molar-refractivity contribution in [1.29, 1.82) is 0 Å². The van der Waals surface area contributed by atoms with E-state index in [1.807, 2.05) is 6.92 Å². The molecule has 0 bridgehead atoms. The van der Waals surface area contributed by atoms with Gasteiger partial charge in [-0.1, -0.05) is 6.92 Å². The van der Waals surface area contributed by atoms with Crippen LogP contribution in [0, 0.1) is 0 Å². The Morgan fingerprint density at radius 1 is 1.61 bits per heavy atom. The monoisotopic (exact) mass is 254 g/mol. The van der Waals surface area contributed by atoms with E-state index in [0.29, 0.717) is 30.8 Å². The van der Waals surface area contributed by atoms with Gasteiger partial charge in [-0.05, 0) is 19.8 Å². The van der Waals surface area contributed by atoms with Crippen molar-refractivity contribution in [2.45, 2.75) is 32.8 Å². The van der Waals surface area contributed by atoms with E-state index in [9.17, 15) is 9.90 Å². The minimum Gasteiger partial charge on any atom is -0.395 e. The van der Waals surface area contributed by atoms with Gasteiger partial charge in [-0.2, -0.15) is 5.10 Å². The fourth-order valence-electron chi connectivity index (χ4n) is 1.77. The molecule has 0 aliphatic heterocycles. The van der Waals surface area contributed by atoms with Gasteiger partial charge in [0.15, 0.2) is 0 Å². The minimum atomic E-state index is -0.421. The fourth-order valence-corrected chi connectivity index (χ4v) is 1.77. The van der Waals surface area contributed by atoms with Gasteiger partial charge < -0.3 is 15.7 Å². The van der Waals surface area contributed by atoms with Gasteiger partial charge in [-0.25, -0.2) is 0 Å². The number of rotatable bonds is 5. The summed E-state index contributed by atoms with van der Waals surface area (Å²) >= 11 is 0. The van der Waals surface area contributed by atoms with Crippen molar-refractivity contribution in [3.63, 3.8) is 0 Å². The van der Waals surface area contributed by atoms with Crippen molar-refractivity contribution in [3.8, 4) is 0 Å². The summed E-state index contributed by atoms with van der Waals surface area (Å²) in [7, 11) is 3.41. The van der Waals surface area contributed by atoms with Gasteiger partial charge in [0, 0.05) is 20.6 Å². The Morgan fingerprint density at radius 2 is 2.22 bits per heavy atom. The molecule has 0 aliphatic rings. The van der Waals surface area contributed by atoms with Gasteiger partial charge in [-0.15, -0.1) is 0 Å².